The zero-order valence-electron chi connectivity index (χ0n) is 16.7. The molecule has 0 unspecified atom stereocenters. The van der Waals surface area contributed by atoms with Gasteiger partial charge in [0.05, 0.1) is 0 Å². The molecule has 1 aliphatic heterocycles. The summed E-state index contributed by atoms with van der Waals surface area (Å²) in [6.07, 6.45) is 2.74. The Morgan fingerprint density at radius 1 is 1.21 bits per heavy atom. The van der Waals surface area contributed by atoms with Crippen LogP contribution in [0.4, 0.5) is 5.69 Å². The van der Waals surface area contributed by atoms with E-state index in [0.717, 1.165) is 40.2 Å². The van der Waals surface area contributed by atoms with Gasteiger partial charge in [0.15, 0.2) is 0 Å². The topological polar surface area (TPSA) is 49.4 Å². The van der Waals surface area contributed by atoms with Gasteiger partial charge in [0.2, 0.25) is 5.91 Å². The lowest BCUT2D eigenvalue weighted by molar-refractivity contribution is -0.118. The number of anilines is 1. The van der Waals surface area contributed by atoms with Crippen molar-refractivity contribution in [1.82, 2.24) is 5.32 Å². The molecule has 4 nitrogen and oxygen atoms in total. The summed E-state index contributed by atoms with van der Waals surface area (Å²) in [5.74, 6) is 0.00881. The molecule has 0 atom stereocenters. The van der Waals surface area contributed by atoms with Gasteiger partial charge in [0, 0.05) is 35.3 Å². The molecular formula is C23H27ClN2O2. The molecule has 0 saturated carbocycles. The lowest BCUT2D eigenvalue weighted by atomic mass is 9.95. The Labute approximate surface area is 171 Å². The molecule has 2 aromatic carbocycles. The zero-order valence-corrected chi connectivity index (χ0v) is 17.5. The van der Waals surface area contributed by atoms with E-state index in [2.05, 4.69) is 5.32 Å². The van der Waals surface area contributed by atoms with Crippen LogP contribution in [0, 0.1) is 6.92 Å². The van der Waals surface area contributed by atoms with Gasteiger partial charge < -0.3 is 10.2 Å². The number of amides is 2. The fourth-order valence-electron chi connectivity index (χ4n) is 3.61. The zero-order chi connectivity index (χ0) is 20.3. The van der Waals surface area contributed by atoms with Gasteiger partial charge in [-0.15, -0.1) is 0 Å². The predicted molar refractivity (Wildman–Crippen MR) is 114 cm³/mol. The van der Waals surface area contributed by atoms with Crippen LogP contribution in [0.1, 0.15) is 53.7 Å². The minimum absolute atomic E-state index is 0.0737. The quantitative estimate of drug-likeness (QED) is 0.793. The first-order valence-electron chi connectivity index (χ1n) is 9.85. The largest absolute Gasteiger partial charge is 0.350 e. The summed E-state index contributed by atoms with van der Waals surface area (Å²) in [4.78, 5) is 27.3. The van der Waals surface area contributed by atoms with Crippen LogP contribution in [0.15, 0.2) is 36.4 Å². The number of aryl methyl sites for hydroxylation is 2. The number of benzene rings is 2. The van der Waals surface area contributed by atoms with Crippen molar-refractivity contribution in [1.29, 1.82) is 0 Å². The number of carbonyl (C=O) groups is 2. The Morgan fingerprint density at radius 3 is 2.71 bits per heavy atom. The molecule has 28 heavy (non-hydrogen) atoms. The molecule has 0 spiro atoms. The fraction of sp³-hybridized carbons (Fsp3) is 0.391. The molecule has 0 bridgehead atoms. The Morgan fingerprint density at radius 2 is 2.00 bits per heavy atom. The average Bonchev–Trinajstić information content (AvgIpc) is 2.67. The molecule has 2 aromatic rings. The van der Waals surface area contributed by atoms with Crippen molar-refractivity contribution >= 4 is 29.1 Å². The number of halogens is 1. The minimum atomic E-state index is -0.0737. The van der Waals surface area contributed by atoms with Crippen LogP contribution in [0.3, 0.4) is 0 Å². The van der Waals surface area contributed by atoms with Gasteiger partial charge in [-0.1, -0.05) is 29.8 Å². The number of nitrogens with one attached hydrogen (secondary N) is 1. The lowest BCUT2D eigenvalue weighted by Gasteiger charge is -2.31. The van der Waals surface area contributed by atoms with Crippen molar-refractivity contribution in [3.63, 3.8) is 0 Å². The smallest absolute Gasteiger partial charge is 0.251 e. The molecule has 0 aliphatic carbocycles. The minimum Gasteiger partial charge on any atom is -0.350 e. The van der Waals surface area contributed by atoms with Crippen LogP contribution in [0.25, 0.3) is 0 Å². The van der Waals surface area contributed by atoms with Crippen molar-refractivity contribution in [3.8, 4) is 0 Å². The second-order valence-corrected chi connectivity index (χ2v) is 8.07. The van der Waals surface area contributed by atoms with E-state index in [4.69, 9.17) is 11.6 Å². The Kier molecular flexibility index (Phi) is 6.40. The van der Waals surface area contributed by atoms with Crippen molar-refractivity contribution in [3.05, 3.63) is 63.7 Å². The molecule has 0 fully saturated rings. The van der Waals surface area contributed by atoms with Gasteiger partial charge in [-0.25, -0.2) is 0 Å². The molecule has 1 heterocycles. The van der Waals surface area contributed by atoms with Gasteiger partial charge in [-0.3, -0.25) is 9.59 Å². The summed E-state index contributed by atoms with van der Waals surface area (Å²) in [7, 11) is 0. The highest BCUT2D eigenvalue weighted by Crippen LogP contribution is 2.31. The third-order valence-corrected chi connectivity index (χ3v) is 5.49. The number of nitrogens with zero attached hydrogens (tertiary/aromatic N) is 1. The molecule has 1 N–H and O–H groups in total. The molecule has 0 saturated heterocycles. The third-order valence-electron chi connectivity index (χ3n) is 5.08. The van der Waals surface area contributed by atoms with Gasteiger partial charge in [-0.05, 0) is 74.9 Å². The number of fused-ring (bicyclic) bond motifs is 1. The normalized spacial score (nSPS) is 13.4. The van der Waals surface area contributed by atoms with E-state index < -0.39 is 0 Å². The molecule has 0 aromatic heterocycles. The third kappa shape index (κ3) is 4.56. The summed E-state index contributed by atoms with van der Waals surface area (Å²) in [5, 5.41) is 3.69. The summed E-state index contributed by atoms with van der Waals surface area (Å²) in [6.45, 7) is 6.55. The van der Waals surface area contributed by atoms with Crippen molar-refractivity contribution in [2.45, 2.75) is 52.5 Å². The highest BCUT2D eigenvalue weighted by atomic mass is 35.5. The molecule has 5 heteroatoms. The highest BCUT2D eigenvalue weighted by molar-refractivity contribution is 6.31. The van der Waals surface area contributed by atoms with E-state index in [1.807, 2.05) is 62.1 Å². The van der Waals surface area contributed by atoms with Gasteiger partial charge in [0.1, 0.15) is 0 Å². The maximum absolute atomic E-state index is 12.9. The van der Waals surface area contributed by atoms with Crippen LogP contribution in [-0.4, -0.2) is 24.4 Å². The standard InChI is InChI=1S/C23H27ClN2O2/c1-15(2)25-23(28)19-6-4-8-21-18(19)7-5-13-26(21)22(27)12-11-17-10-9-16(3)20(24)14-17/h4,6,8-10,14-15H,5,7,11-13H2,1-3H3,(H,25,28). The predicted octanol–water partition coefficient (Wildman–Crippen LogP) is 4.70. The first kappa shape index (κ1) is 20.4. The van der Waals surface area contributed by atoms with Crippen LogP contribution in [0.5, 0.6) is 0 Å². The molecule has 2 amide bonds. The fourth-order valence-corrected chi connectivity index (χ4v) is 3.82. The molecular weight excluding hydrogens is 372 g/mol. The van der Waals surface area contributed by atoms with E-state index in [1.54, 1.807) is 0 Å². The number of carbonyl (C=O) groups excluding carboxylic acids is 2. The second-order valence-electron chi connectivity index (χ2n) is 7.66. The highest BCUT2D eigenvalue weighted by Gasteiger charge is 2.26. The van der Waals surface area contributed by atoms with Crippen molar-refractivity contribution in [2.75, 3.05) is 11.4 Å². The van der Waals surface area contributed by atoms with E-state index >= 15 is 0 Å². The van der Waals surface area contributed by atoms with Gasteiger partial charge in [-0.2, -0.15) is 0 Å². The number of hydrogen-bond acceptors (Lipinski definition) is 2. The monoisotopic (exact) mass is 398 g/mol. The maximum atomic E-state index is 12.9. The van der Waals surface area contributed by atoms with E-state index in [-0.39, 0.29) is 17.9 Å². The van der Waals surface area contributed by atoms with E-state index in [9.17, 15) is 9.59 Å². The van der Waals surface area contributed by atoms with Crippen LogP contribution >= 0.6 is 11.6 Å². The first-order chi connectivity index (χ1) is 13.4. The number of hydrogen-bond donors (Lipinski definition) is 1. The van der Waals surface area contributed by atoms with Crippen molar-refractivity contribution < 1.29 is 9.59 Å². The van der Waals surface area contributed by atoms with E-state index in [1.165, 1.54) is 0 Å². The van der Waals surface area contributed by atoms with Crippen LogP contribution in [-0.2, 0) is 17.6 Å². The molecule has 1 aliphatic rings. The Balaban J connectivity index is 1.76. The average molecular weight is 399 g/mol. The Hall–Kier alpha value is -2.33. The summed E-state index contributed by atoms with van der Waals surface area (Å²) in [5.41, 5.74) is 4.61. The van der Waals surface area contributed by atoms with E-state index in [0.29, 0.717) is 24.9 Å². The second kappa shape index (κ2) is 8.78. The molecule has 0 radical (unpaired) electrons. The van der Waals surface area contributed by atoms with Crippen LogP contribution < -0.4 is 10.2 Å². The summed E-state index contributed by atoms with van der Waals surface area (Å²) < 4.78 is 0. The van der Waals surface area contributed by atoms with Crippen LogP contribution in [0.2, 0.25) is 5.02 Å². The Bertz CT molecular complexity index is 892. The lowest BCUT2D eigenvalue weighted by Crippen LogP contribution is -2.37. The molecule has 3 rings (SSSR count). The van der Waals surface area contributed by atoms with Gasteiger partial charge >= 0.3 is 0 Å². The summed E-state index contributed by atoms with van der Waals surface area (Å²) >= 11 is 6.19. The summed E-state index contributed by atoms with van der Waals surface area (Å²) in [6, 6.07) is 11.7. The SMILES string of the molecule is Cc1ccc(CCC(=O)N2CCCc3c(C(=O)NC(C)C)cccc32)cc1Cl. The van der Waals surface area contributed by atoms with Crippen molar-refractivity contribution in [2.24, 2.45) is 0 Å². The number of rotatable bonds is 5. The maximum Gasteiger partial charge on any atom is 0.251 e. The first-order valence-corrected chi connectivity index (χ1v) is 10.2. The molecule has 148 valence electrons. The van der Waals surface area contributed by atoms with Gasteiger partial charge in [0.25, 0.3) is 5.91 Å².